The van der Waals surface area contributed by atoms with Crippen LogP contribution < -0.4 is 5.56 Å². The van der Waals surface area contributed by atoms with Gasteiger partial charge in [-0.2, -0.15) is 0 Å². The predicted molar refractivity (Wildman–Crippen MR) is 85.6 cm³/mol. The summed E-state index contributed by atoms with van der Waals surface area (Å²) in [6.45, 7) is 6.17. The third-order valence-electron chi connectivity index (χ3n) is 4.21. The number of hydrogen-bond acceptors (Lipinski definition) is 2. The van der Waals surface area contributed by atoms with E-state index in [0.29, 0.717) is 5.92 Å². The average Bonchev–Trinajstić information content (AvgIpc) is 2.35. The van der Waals surface area contributed by atoms with Gasteiger partial charge in [-0.05, 0) is 30.4 Å². The first kappa shape index (κ1) is 14.1. The molecular weight excluding hydrogens is 260 g/mol. The van der Waals surface area contributed by atoms with Crippen LogP contribution in [0, 0.1) is 0 Å². The number of H-pyrrole nitrogens is 1. The highest BCUT2D eigenvalue weighted by molar-refractivity contribution is 5.60. The molecule has 0 spiro atoms. The van der Waals surface area contributed by atoms with Gasteiger partial charge in [0.1, 0.15) is 5.82 Å². The minimum Gasteiger partial charge on any atom is -0.310 e. The highest BCUT2D eigenvalue weighted by Gasteiger charge is 2.21. The Morgan fingerprint density at radius 1 is 1.19 bits per heavy atom. The summed E-state index contributed by atoms with van der Waals surface area (Å²) in [7, 11) is 0. The molecule has 21 heavy (non-hydrogen) atoms. The van der Waals surface area contributed by atoms with E-state index < -0.39 is 0 Å². The summed E-state index contributed by atoms with van der Waals surface area (Å²) in [5.41, 5.74) is 2.93. The van der Waals surface area contributed by atoms with Crippen molar-refractivity contribution in [2.75, 3.05) is 0 Å². The molecule has 1 aromatic heterocycles. The van der Waals surface area contributed by atoms with Crippen LogP contribution in [0.3, 0.4) is 0 Å². The van der Waals surface area contributed by atoms with Crippen molar-refractivity contribution in [2.24, 2.45) is 0 Å². The Morgan fingerprint density at radius 2 is 1.95 bits per heavy atom. The lowest BCUT2D eigenvalue weighted by Crippen LogP contribution is -2.22. The second-order valence-corrected chi connectivity index (χ2v) is 6.98. The van der Waals surface area contributed by atoms with Gasteiger partial charge in [-0.3, -0.25) is 4.79 Å². The third-order valence-corrected chi connectivity index (χ3v) is 4.21. The van der Waals surface area contributed by atoms with E-state index >= 15 is 0 Å². The summed E-state index contributed by atoms with van der Waals surface area (Å²) in [6.07, 6.45) is 3.88. The fourth-order valence-corrected chi connectivity index (χ4v) is 2.65. The van der Waals surface area contributed by atoms with Crippen LogP contribution in [0.1, 0.15) is 57.3 Å². The van der Waals surface area contributed by atoms with Gasteiger partial charge in [0, 0.05) is 17.0 Å². The molecule has 0 atom stereocenters. The molecule has 0 aliphatic heterocycles. The van der Waals surface area contributed by atoms with Gasteiger partial charge in [-0.1, -0.05) is 45.4 Å². The molecule has 0 bridgehead atoms. The predicted octanol–water partition coefficient (Wildman–Crippen LogP) is 4.00. The van der Waals surface area contributed by atoms with E-state index in [1.165, 1.54) is 24.8 Å². The van der Waals surface area contributed by atoms with E-state index in [-0.39, 0.29) is 11.0 Å². The largest absolute Gasteiger partial charge is 0.310 e. The Morgan fingerprint density at radius 3 is 2.57 bits per heavy atom. The molecule has 1 fully saturated rings. The van der Waals surface area contributed by atoms with Crippen molar-refractivity contribution in [2.45, 2.75) is 51.4 Å². The normalized spacial score (nSPS) is 15.8. The van der Waals surface area contributed by atoms with E-state index in [1.54, 1.807) is 6.07 Å². The number of rotatable bonds is 2. The molecule has 1 aliphatic carbocycles. The second-order valence-electron chi connectivity index (χ2n) is 6.98. The average molecular weight is 282 g/mol. The number of nitrogens with one attached hydrogen (secondary N) is 1. The van der Waals surface area contributed by atoms with Gasteiger partial charge >= 0.3 is 0 Å². The molecule has 3 nitrogen and oxygen atoms in total. The van der Waals surface area contributed by atoms with Gasteiger partial charge in [0.25, 0.3) is 5.56 Å². The minimum atomic E-state index is -0.166. The quantitative estimate of drug-likeness (QED) is 0.904. The van der Waals surface area contributed by atoms with Gasteiger partial charge in [0.15, 0.2) is 0 Å². The first-order valence-electron chi connectivity index (χ1n) is 7.66. The van der Waals surface area contributed by atoms with E-state index in [0.717, 1.165) is 17.1 Å². The van der Waals surface area contributed by atoms with Gasteiger partial charge in [-0.15, -0.1) is 0 Å². The summed E-state index contributed by atoms with van der Waals surface area (Å²) in [6, 6.07) is 10.1. The van der Waals surface area contributed by atoms with Gasteiger partial charge in [0.05, 0.1) is 5.69 Å². The molecule has 1 aromatic carbocycles. The van der Waals surface area contributed by atoms with Crippen LogP contribution in [0.5, 0.6) is 0 Å². The molecule has 0 radical (unpaired) electrons. The number of aromatic amines is 1. The van der Waals surface area contributed by atoms with E-state index in [9.17, 15) is 4.79 Å². The molecule has 1 aliphatic rings. The Bertz CT molecular complexity index is 706. The molecule has 2 aromatic rings. The molecular formula is C18H22N2O. The number of aromatic nitrogens is 2. The van der Waals surface area contributed by atoms with Crippen molar-refractivity contribution in [1.82, 2.24) is 9.97 Å². The smallest absolute Gasteiger partial charge is 0.251 e. The Hall–Kier alpha value is -1.90. The highest BCUT2D eigenvalue weighted by Crippen LogP contribution is 2.37. The third kappa shape index (κ3) is 2.92. The van der Waals surface area contributed by atoms with Crippen LogP contribution in [-0.4, -0.2) is 9.97 Å². The van der Waals surface area contributed by atoms with Crippen LogP contribution in [0.2, 0.25) is 0 Å². The van der Waals surface area contributed by atoms with E-state index in [4.69, 9.17) is 0 Å². The molecule has 110 valence electrons. The molecule has 3 rings (SSSR count). The summed E-state index contributed by atoms with van der Waals surface area (Å²) < 4.78 is 0. The zero-order valence-corrected chi connectivity index (χ0v) is 12.9. The topological polar surface area (TPSA) is 45.8 Å². The Balaban J connectivity index is 2.04. The van der Waals surface area contributed by atoms with Gasteiger partial charge in [0.2, 0.25) is 0 Å². The van der Waals surface area contributed by atoms with Gasteiger partial charge < -0.3 is 4.98 Å². The van der Waals surface area contributed by atoms with Crippen molar-refractivity contribution < 1.29 is 0 Å². The highest BCUT2D eigenvalue weighted by atomic mass is 16.1. The SMILES string of the molecule is CC(C)(C)c1nc(-c2cccc(C3CCC3)c2)cc(=O)[nH]1. The lowest BCUT2D eigenvalue weighted by atomic mass is 9.79. The number of hydrogen-bond donors (Lipinski definition) is 1. The van der Waals surface area contributed by atoms with Crippen LogP contribution in [0.25, 0.3) is 11.3 Å². The van der Waals surface area contributed by atoms with Crippen molar-refractivity contribution in [3.8, 4) is 11.3 Å². The number of benzene rings is 1. The Labute approximate surface area is 125 Å². The molecule has 0 unspecified atom stereocenters. The van der Waals surface area contributed by atoms with Crippen molar-refractivity contribution >= 4 is 0 Å². The number of nitrogens with zero attached hydrogens (tertiary/aromatic N) is 1. The van der Waals surface area contributed by atoms with Crippen LogP contribution in [0.4, 0.5) is 0 Å². The first-order valence-corrected chi connectivity index (χ1v) is 7.66. The fraction of sp³-hybridized carbons (Fsp3) is 0.444. The van der Waals surface area contributed by atoms with E-state index in [2.05, 4.69) is 48.9 Å². The summed E-state index contributed by atoms with van der Waals surface area (Å²) >= 11 is 0. The summed E-state index contributed by atoms with van der Waals surface area (Å²) in [5.74, 6) is 1.42. The molecule has 0 saturated heterocycles. The summed E-state index contributed by atoms with van der Waals surface area (Å²) in [4.78, 5) is 19.4. The molecule has 3 heteroatoms. The van der Waals surface area contributed by atoms with Crippen LogP contribution in [-0.2, 0) is 5.41 Å². The zero-order valence-electron chi connectivity index (χ0n) is 12.9. The van der Waals surface area contributed by atoms with Crippen molar-refractivity contribution in [3.05, 3.63) is 52.1 Å². The van der Waals surface area contributed by atoms with Crippen LogP contribution >= 0.6 is 0 Å². The maximum atomic E-state index is 11.9. The van der Waals surface area contributed by atoms with Crippen molar-refractivity contribution in [1.29, 1.82) is 0 Å². The zero-order chi connectivity index (χ0) is 15.0. The molecule has 1 saturated carbocycles. The van der Waals surface area contributed by atoms with E-state index in [1.807, 2.05) is 6.07 Å². The fourth-order valence-electron chi connectivity index (χ4n) is 2.65. The van der Waals surface area contributed by atoms with Gasteiger partial charge in [-0.25, -0.2) is 4.98 Å². The Kier molecular flexibility index (Phi) is 3.44. The van der Waals surface area contributed by atoms with Crippen molar-refractivity contribution in [3.63, 3.8) is 0 Å². The summed E-state index contributed by atoms with van der Waals surface area (Å²) in [5, 5.41) is 0. The second kappa shape index (κ2) is 5.14. The molecule has 1 N–H and O–H groups in total. The molecule has 1 heterocycles. The maximum Gasteiger partial charge on any atom is 0.251 e. The standard InChI is InChI=1S/C18H22N2O/c1-18(2,3)17-19-15(11-16(21)20-17)14-9-5-8-13(10-14)12-6-4-7-12/h5,8-12H,4,6-7H2,1-3H3,(H,19,20,21). The first-order chi connectivity index (χ1) is 9.93. The lowest BCUT2D eigenvalue weighted by Gasteiger charge is -2.26. The minimum absolute atomic E-state index is 0.0843. The molecule has 0 amide bonds. The maximum absolute atomic E-state index is 11.9. The lowest BCUT2D eigenvalue weighted by molar-refractivity contribution is 0.420. The van der Waals surface area contributed by atoms with Crippen LogP contribution in [0.15, 0.2) is 35.1 Å². The monoisotopic (exact) mass is 282 g/mol.